The van der Waals surface area contributed by atoms with Crippen LogP contribution in [-0.4, -0.2) is 7.05 Å². The zero-order chi connectivity index (χ0) is 13.8. The summed E-state index contributed by atoms with van der Waals surface area (Å²) in [5, 5.41) is 3.56. The van der Waals surface area contributed by atoms with Crippen LogP contribution in [0.15, 0.2) is 36.4 Å². The lowest BCUT2D eigenvalue weighted by atomic mass is 10.2. The van der Waals surface area contributed by atoms with E-state index in [4.69, 9.17) is 27.9 Å². The molecule has 0 bridgehead atoms. The maximum atomic E-state index is 13.3. The lowest BCUT2D eigenvalue weighted by Gasteiger charge is -2.09. The summed E-state index contributed by atoms with van der Waals surface area (Å²) in [6.07, 6.45) is 0. The number of ether oxygens (including phenoxy) is 1. The van der Waals surface area contributed by atoms with E-state index in [1.54, 1.807) is 18.2 Å². The first-order chi connectivity index (χ1) is 9.10. The Bertz CT molecular complexity index is 590. The van der Waals surface area contributed by atoms with Gasteiger partial charge in [0, 0.05) is 12.6 Å². The summed E-state index contributed by atoms with van der Waals surface area (Å²) in [6.45, 7) is 0.718. The Morgan fingerprint density at radius 3 is 2.53 bits per heavy atom. The molecule has 0 atom stereocenters. The van der Waals surface area contributed by atoms with Crippen molar-refractivity contribution in [1.29, 1.82) is 0 Å². The summed E-state index contributed by atoms with van der Waals surface area (Å²) in [7, 11) is 1.86. The summed E-state index contributed by atoms with van der Waals surface area (Å²) in [5.74, 6) is 0.301. The average molecular weight is 300 g/mol. The number of hydrogen-bond acceptors (Lipinski definition) is 2. The summed E-state index contributed by atoms with van der Waals surface area (Å²) in [4.78, 5) is 0. The van der Waals surface area contributed by atoms with Gasteiger partial charge in [-0.3, -0.25) is 0 Å². The molecule has 0 radical (unpaired) electrons. The topological polar surface area (TPSA) is 21.3 Å². The number of halogens is 3. The number of hydrogen-bond donors (Lipinski definition) is 1. The van der Waals surface area contributed by atoms with Crippen molar-refractivity contribution in [3.05, 3.63) is 57.8 Å². The van der Waals surface area contributed by atoms with Crippen molar-refractivity contribution in [3.63, 3.8) is 0 Å². The molecule has 0 fully saturated rings. The Morgan fingerprint density at radius 2 is 1.89 bits per heavy atom. The fourth-order valence-electron chi connectivity index (χ4n) is 1.61. The predicted octanol–water partition coefficient (Wildman–Crippen LogP) is 4.64. The molecule has 0 unspecified atom stereocenters. The minimum Gasteiger partial charge on any atom is -0.456 e. The highest BCUT2D eigenvalue weighted by molar-refractivity contribution is 6.32. The maximum absolute atomic E-state index is 13.3. The van der Waals surface area contributed by atoms with Gasteiger partial charge in [-0.15, -0.1) is 0 Å². The van der Waals surface area contributed by atoms with Crippen molar-refractivity contribution in [2.24, 2.45) is 0 Å². The Balaban J connectivity index is 2.20. The molecule has 0 aliphatic heterocycles. The van der Waals surface area contributed by atoms with Crippen LogP contribution >= 0.6 is 23.2 Å². The molecule has 19 heavy (non-hydrogen) atoms. The smallest absolute Gasteiger partial charge is 0.146 e. The summed E-state index contributed by atoms with van der Waals surface area (Å²) < 4.78 is 18.8. The molecule has 0 saturated heterocycles. The van der Waals surface area contributed by atoms with Crippen LogP contribution in [-0.2, 0) is 6.54 Å². The van der Waals surface area contributed by atoms with Crippen LogP contribution in [0.25, 0.3) is 0 Å². The third-order valence-corrected chi connectivity index (χ3v) is 3.10. The fraction of sp³-hybridized carbons (Fsp3) is 0.143. The molecule has 0 saturated carbocycles. The maximum Gasteiger partial charge on any atom is 0.146 e. The second-order valence-electron chi connectivity index (χ2n) is 3.97. The third kappa shape index (κ3) is 3.60. The summed E-state index contributed by atoms with van der Waals surface area (Å²) in [5.41, 5.74) is 1.04. The monoisotopic (exact) mass is 299 g/mol. The zero-order valence-corrected chi connectivity index (χ0v) is 11.7. The van der Waals surface area contributed by atoms with Crippen molar-refractivity contribution in [2.45, 2.75) is 6.54 Å². The third-order valence-electron chi connectivity index (χ3n) is 2.50. The molecule has 0 aromatic heterocycles. The first kappa shape index (κ1) is 14.1. The first-order valence-electron chi connectivity index (χ1n) is 5.66. The Hall–Kier alpha value is -1.29. The van der Waals surface area contributed by atoms with E-state index in [1.165, 1.54) is 12.1 Å². The van der Waals surface area contributed by atoms with Gasteiger partial charge in [0.15, 0.2) is 0 Å². The second kappa shape index (κ2) is 6.24. The molecule has 0 amide bonds. The molecular formula is C14H12Cl2FNO. The quantitative estimate of drug-likeness (QED) is 0.888. The highest BCUT2D eigenvalue weighted by Crippen LogP contribution is 2.31. The minimum absolute atomic E-state index is 0.0582. The van der Waals surface area contributed by atoms with Crippen LogP contribution in [0.2, 0.25) is 10.0 Å². The van der Waals surface area contributed by atoms with Crippen molar-refractivity contribution in [1.82, 2.24) is 5.32 Å². The van der Waals surface area contributed by atoms with Crippen LogP contribution in [0.3, 0.4) is 0 Å². The van der Waals surface area contributed by atoms with E-state index in [-0.39, 0.29) is 5.02 Å². The van der Waals surface area contributed by atoms with Gasteiger partial charge in [0.25, 0.3) is 0 Å². The highest BCUT2D eigenvalue weighted by atomic mass is 35.5. The fourth-order valence-corrected chi connectivity index (χ4v) is 1.97. The van der Waals surface area contributed by atoms with Crippen LogP contribution in [0, 0.1) is 5.82 Å². The normalized spacial score (nSPS) is 10.5. The van der Waals surface area contributed by atoms with E-state index in [9.17, 15) is 4.39 Å². The Morgan fingerprint density at radius 1 is 1.11 bits per heavy atom. The van der Waals surface area contributed by atoms with Gasteiger partial charge in [0.1, 0.15) is 17.3 Å². The van der Waals surface area contributed by atoms with Gasteiger partial charge >= 0.3 is 0 Å². The molecular weight excluding hydrogens is 288 g/mol. The van der Waals surface area contributed by atoms with Crippen LogP contribution in [0.1, 0.15) is 5.56 Å². The lowest BCUT2D eigenvalue weighted by Crippen LogP contribution is -2.04. The molecule has 2 aromatic carbocycles. The largest absolute Gasteiger partial charge is 0.456 e. The molecule has 5 heteroatoms. The van der Waals surface area contributed by atoms with Crippen molar-refractivity contribution in [3.8, 4) is 11.5 Å². The molecule has 2 rings (SSSR count). The SMILES string of the molecule is CNCc1ccc(Oc2ccc(Cl)c(F)c2)c(Cl)c1. The molecule has 2 aromatic rings. The van der Waals surface area contributed by atoms with E-state index < -0.39 is 5.82 Å². The van der Waals surface area contributed by atoms with E-state index in [0.717, 1.165) is 12.1 Å². The zero-order valence-electron chi connectivity index (χ0n) is 10.2. The highest BCUT2D eigenvalue weighted by Gasteiger charge is 2.07. The molecule has 0 aliphatic rings. The summed E-state index contributed by atoms with van der Waals surface area (Å²) in [6, 6.07) is 9.70. The molecule has 1 N–H and O–H groups in total. The van der Waals surface area contributed by atoms with Gasteiger partial charge in [-0.1, -0.05) is 29.3 Å². The number of rotatable bonds is 4. The number of nitrogens with one attached hydrogen (secondary N) is 1. The van der Waals surface area contributed by atoms with Crippen LogP contribution in [0.4, 0.5) is 4.39 Å². The van der Waals surface area contributed by atoms with Gasteiger partial charge in [-0.05, 0) is 36.9 Å². The molecule has 0 aliphatic carbocycles. The second-order valence-corrected chi connectivity index (χ2v) is 4.79. The van der Waals surface area contributed by atoms with Crippen molar-refractivity contribution >= 4 is 23.2 Å². The van der Waals surface area contributed by atoms with Gasteiger partial charge in [-0.2, -0.15) is 0 Å². The van der Waals surface area contributed by atoms with E-state index in [0.29, 0.717) is 16.5 Å². The van der Waals surface area contributed by atoms with E-state index in [1.807, 2.05) is 13.1 Å². The first-order valence-corrected chi connectivity index (χ1v) is 6.41. The number of benzene rings is 2. The van der Waals surface area contributed by atoms with Gasteiger partial charge in [-0.25, -0.2) is 4.39 Å². The molecule has 100 valence electrons. The van der Waals surface area contributed by atoms with E-state index in [2.05, 4.69) is 5.32 Å². The standard InChI is InChI=1S/C14H12Cl2FNO/c1-18-8-9-2-5-14(12(16)6-9)19-10-3-4-11(15)13(17)7-10/h2-7,18H,8H2,1H3. The van der Waals surface area contributed by atoms with Crippen LogP contribution < -0.4 is 10.1 Å². The molecule has 2 nitrogen and oxygen atoms in total. The molecule has 0 spiro atoms. The van der Waals surface area contributed by atoms with Crippen molar-refractivity contribution in [2.75, 3.05) is 7.05 Å². The minimum atomic E-state index is -0.526. The van der Waals surface area contributed by atoms with E-state index >= 15 is 0 Å². The Labute approximate surface area is 121 Å². The van der Waals surface area contributed by atoms with Gasteiger partial charge in [0.05, 0.1) is 10.0 Å². The predicted molar refractivity (Wildman–Crippen MR) is 75.7 cm³/mol. The van der Waals surface area contributed by atoms with Crippen LogP contribution in [0.5, 0.6) is 11.5 Å². The lowest BCUT2D eigenvalue weighted by molar-refractivity contribution is 0.477. The average Bonchev–Trinajstić information content (AvgIpc) is 2.37. The molecule has 0 heterocycles. The van der Waals surface area contributed by atoms with Gasteiger partial charge in [0.2, 0.25) is 0 Å². The Kier molecular flexibility index (Phi) is 4.64. The van der Waals surface area contributed by atoms with Crippen molar-refractivity contribution < 1.29 is 9.13 Å². The summed E-state index contributed by atoms with van der Waals surface area (Å²) >= 11 is 11.7. The van der Waals surface area contributed by atoms with Gasteiger partial charge < -0.3 is 10.1 Å².